The van der Waals surface area contributed by atoms with Crippen LogP contribution >= 0.6 is 11.6 Å². The molecular weight excluding hydrogens is 347 g/mol. The zero-order chi connectivity index (χ0) is 17.9. The number of hydrogen-bond donors (Lipinski definition) is 1. The first-order valence-corrected chi connectivity index (χ1v) is 8.96. The average Bonchev–Trinajstić information content (AvgIpc) is 3.10. The van der Waals surface area contributed by atoms with E-state index in [1.54, 1.807) is 12.1 Å². The van der Waals surface area contributed by atoms with Crippen molar-refractivity contribution in [2.24, 2.45) is 4.99 Å². The second-order valence-corrected chi connectivity index (χ2v) is 6.75. The first kappa shape index (κ1) is 16.8. The van der Waals surface area contributed by atoms with Gasteiger partial charge in [-0.2, -0.15) is 0 Å². The molecule has 1 heterocycles. The van der Waals surface area contributed by atoms with Crippen LogP contribution in [0.3, 0.4) is 0 Å². The second kappa shape index (κ2) is 7.30. The summed E-state index contributed by atoms with van der Waals surface area (Å²) in [4.78, 5) is 4.87. The molecule has 0 aromatic heterocycles. The fourth-order valence-corrected chi connectivity index (χ4v) is 3.58. The molecule has 0 saturated carbocycles. The van der Waals surface area contributed by atoms with Crippen LogP contribution in [0.5, 0.6) is 0 Å². The number of halogens is 2. The van der Waals surface area contributed by atoms with Gasteiger partial charge in [0.2, 0.25) is 0 Å². The molecule has 1 N–H and O–H groups in total. The Hall–Kier alpha value is -2.65. The molecule has 3 aromatic carbocycles. The average molecular weight is 365 g/mol. The molecule has 0 radical (unpaired) electrons. The lowest BCUT2D eigenvalue weighted by Crippen LogP contribution is -2.26. The maximum atomic E-state index is 14.2. The molecular formula is C22H18ClFN2. The predicted octanol–water partition coefficient (Wildman–Crippen LogP) is 5.51. The summed E-state index contributed by atoms with van der Waals surface area (Å²) in [7, 11) is 0. The Morgan fingerprint density at radius 2 is 1.50 bits per heavy atom. The van der Waals surface area contributed by atoms with E-state index in [0.29, 0.717) is 17.0 Å². The summed E-state index contributed by atoms with van der Waals surface area (Å²) in [5.74, 6) is 0.445. The van der Waals surface area contributed by atoms with Crippen molar-refractivity contribution >= 4 is 17.4 Å². The normalized spacial score (nSPS) is 19.1. The zero-order valence-corrected chi connectivity index (χ0v) is 14.8. The van der Waals surface area contributed by atoms with Gasteiger partial charge in [0.1, 0.15) is 17.7 Å². The van der Waals surface area contributed by atoms with Crippen molar-refractivity contribution in [3.8, 4) is 0 Å². The highest BCUT2D eigenvalue weighted by Gasteiger charge is 2.31. The minimum Gasteiger partial charge on any atom is -0.364 e. The molecule has 2 nitrogen and oxygen atoms in total. The summed E-state index contributed by atoms with van der Waals surface area (Å²) in [6.45, 7) is 0. The molecule has 2 atom stereocenters. The van der Waals surface area contributed by atoms with Crippen LogP contribution in [0.2, 0.25) is 5.02 Å². The first-order chi connectivity index (χ1) is 12.7. The van der Waals surface area contributed by atoms with Gasteiger partial charge in [0, 0.05) is 17.0 Å². The highest BCUT2D eigenvalue weighted by atomic mass is 35.5. The van der Waals surface area contributed by atoms with Gasteiger partial charge < -0.3 is 5.32 Å². The van der Waals surface area contributed by atoms with Crippen molar-refractivity contribution < 1.29 is 4.39 Å². The van der Waals surface area contributed by atoms with Crippen LogP contribution in [-0.2, 0) is 6.42 Å². The third kappa shape index (κ3) is 3.35. The lowest BCUT2D eigenvalue weighted by atomic mass is 9.95. The van der Waals surface area contributed by atoms with E-state index in [-0.39, 0.29) is 17.9 Å². The molecule has 0 saturated heterocycles. The van der Waals surface area contributed by atoms with Crippen LogP contribution in [0.25, 0.3) is 0 Å². The van der Waals surface area contributed by atoms with Crippen LogP contribution in [0, 0.1) is 5.82 Å². The quantitative estimate of drug-likeness (QED) is 0.649. The Bertz CT molecular complexity index is 905. The van der Waals surface area contributed by atoms with Crippen molar-refractivity contribution in [2.45, 2.75) is 18.5 Å². The largest absolute Gasteiger partial charge is 0.364 e. The minimum absolute atomic E-state index is 0.0131. The molecule has 0 aliphatic carbocycles. The van der Waals surface area contributed by atoms with Gasteiger partial charge >= 0.3 is 0 Å². The molecule has 3 aromatic rings. The molecule has 26 heavy (non-hydrogen) atoms. The van der Waals surface area contributed by atoms with E-state index in [4.69, 9.17) is 16.6 Å². The third-order valence-electron chi connectivity index (χ3n) is 4.64. The Labute approximate surface area is 157 Å². The fourth-order valence-electron chi connectivity index (χ4n) is 3.35. The maximum Gasteiger partial charge on any atom is 0.128 e. The fraction of sp³-hybridized carbons (Fsp3) is 0.136. The third-order valence-corrected chi connectivity index (χ3v) is 4.99. The standard InChI is InChI=1S/C22H18ClFN2/c23-18-12-7-13-19(24)17(18)14-20-25-21(15-8-3-1-4-9-15)22(26-20)16-10-5-2-6-11-16/h1-13,21-22H,14H2,(H,25,26). The van der Waals surface area contributed by atoms with E-state index in [1.807, 2.05) is 36.4 Å². The van der Waals surface area contributed by atoms with Crippen molar-refractivity contribution in [3.63, 3.8) is 0 Å². The topological polar surface area (TPSA) is 24.4 Å². The second-order valence-electron chi connectivity index (χ2n) is 6.34. The smallest absolute Gasteiger partial charge is 0.128 e. The van der Waals surface area contributed by atoms with Crippen LogP contribution in [0.1, 0.15) is 28.8 Å². The monoisotopic (exact) mass is 364 g/mol. The van der Waals surface area contributed by atoms with Crippen LogP contribution < -0.4 is 5.32 Å². The molecule has 2 unspecified atom stereocenters. The van der Waals surface area contributed by atoms with Gasteiger partial charge in [-0.25, -0.2) is 4.39 Å². The first-order valence-electron chi connectivity index (χ1n) is 8.58. The van der Waals surface area contributed by atoms with E-state index < -0.39 is 0 Å². The number of benzene rings is 3. The summed E-state index contributed by atoms with van der Waals surface area (Å²) in [5.41, 5.74) is 2.75. The highest BCUT2D eigenvalue weighted by molar-refractivity contribution is 6.31. The molecule has 0 bridgehead atoms. The number of hydrogen-bond acceptors (Lipinski definition) is 2. The van der Waals surface area contributed by atoms with Crippen LogP contribution in [0.15, 0.2) is 83.9 Å². The van der Waals surface area contributed by atoms with Gasteiger partial charge in [-0.15, -0.1) is 0 Å². The Balaban J connectivity index is 1.68. The van der Waals surface area contributed by atoms with Gasteiger partial charge in [0.25, 0.3) is 0 Å². The van der Waals surface area contributed by atoms with Crippen molar-refractivity contribution in [1.82, 2.24) is 5.32 Å². The summed E-state index contributed by atoms with van der Waals surface area (Å²) in [5, 5.41) is 3.91. The zero-order valence-electron chi connectivity index (χ0n) is 14.1. The van der Waals surface area contributed by atoms with E-state index in [0.717, 1.165) is 17.0 Å². The molecule has 1 aliphatic rings. The van der Waals surface area contributed by atoms with Gasteiger partial charge in [-0.3, -0.25) is 4.99 Å². The number of aliphatic imine (C=N–C) groups is 1. The van der Waals surface area contributed by atoms with Crippen molar-refractivity contribution in [2.75, 3.05) is 0 Å². The van der Waals surface area contributed by atoms with Gasteiger partial charge in [0.15, 0.2) is 0 Å². The molecule has 4 heteroatoms. The lowest BCUT2D eigenvalue weighted by molar-refractivity contribution is 0.571. The van der Waals surface area contributed by atoms with Crippen LogP contribution in [0.4, 0.5) is 4.39 Å². The highest BCUT2D eigenvalue weighted by Crippen LogP contribution is 2.36. The maximum absolute atomic E-state index is 14.2. The summed E-state index contributed by atoms with van der Waals surface area (Å²) in [6, 6.07) is 25.1. The number of rotatable bonds is 4. The predicted molar refractivity (Wildman–Crippen MR) is 104 cm³/mol. The summed E-state index contributed by atoms with van der Waals surface area (Å²) >= 11 is 6.19. The Morgan fingerprint density at radius 1 is 0.846 bits per heavy atom. The summed E-state index contributed by atoms with van der Waals surface area (Å²) < 4.78 is 14.2. The molecule has 0 fully saturated rings. The number of amidine groups is 1. The van der Waals surface area contributed by atoms with E-state index in [2.05, 4.69) is 29.6 Å². The molecule has 1 aliphatic heterocycles. The summed E-state index contributed by atoms with van der Waals surface area (Å²) in [6.07, 6.45) is 0.345. The Morgan fingerprint density at radius 3 is 2.15 bits per heavy atom. The Kier molecular flexibility index (Phi) is 4.72. The van der Waals surface area contributed by atoms with E-state index in [9.17, 15) is 4.39 Å². The number of nitrogens with one attached hydrogen (secondary N) is 1. The SMILES string of the molecule is Fc1cccc(Cl)c1CC1=NC(c2ccccc2)C(c2ccccc2)N1. The number of nitrogens with zero attached hydrogens (tertiary/aromatic N) is 1. The van der Waals surface area contributed by atoms with Crippen molar-refractivity contribution in [3.05, 3.63) is 106 Å². The molecule has 0 amide bonds. The molecule has 0 spiro atoms. The van der Waals surface area contributed by atoms with Gasteiger partial charge in [0.05, 0.1) is 6.04 Å². The minimum atomic E-state index is -0.304. The van der Waals surface area contributed by atoms with Gasteiger partial charge in [-0.1, -0.05) is 78.3 Å². The molecule has 130 valence electrons. The van der Waals surface area contributed by atoms with Gasteiger partial charge in [-0.05, 0) is 23.3 Å². The molecule has 4 rings (SSSR count). The van der Waals surface area contributed by atoms with Crippen molar-refractivity contribution in [1.29, 1.82) is 0 Å². The lowest BCUT2D eigenvalue weighted by Gasteiger charge is -2.19. The van der Waals surface area contributed by atoms with E-state index >= 15 is 0 Å². The van der Waals surface area contributed by atoms with E-state index in [1.165, 1.54) is 6.07 Å². The van der Waals surface area contributed by atoms with Crippen LogP contribution in [-0.4, -0.2) is 5.84 Å².